The second kappa shape index (κ2) is 7.23. The van der Waals surface area contributed by atoms with Gasteiger partial charge in [-0.3, -0.25) is 14.5 Å². The molecule has 0 bridgehead atoms. The van der Waals surface area contributed by atoms with Crippen LogP contribution in [0.15, 0.2) is 48.5 Å². The van der Waals surface area contributed by atoms with Crippen LogP contribution >= 0.6 is 0 Å². The SMILES string of the molecule is O=C(CN1C(=O)NC(Cc2ccccc2)C1=O)Nc1ccc2c(c1)CCC2. The van der Waals surface area contributed by atoms with Crippen molar-refractivity contribution in [3.8, 4) is 0 Å². The number of benzene rings is 2. The largest absolute Gasteiger partial charge is 0.325 e. The lowest BCUT2D eigenvalue weighted by Crippen LogP contribution is -2.38. The van der Waals surface area contributed by atoms with Crippen LogP contribution in [-0.2, 0) is 28.9 Å². The van der Waals surface area contributed by atoms with Crippen molar-refractivity contribution in [1.29, 1.82) is 0 Å². The van der Waals surface area contributed by atoms with Gasteiger partial charge in [-0.2, -0.15) is 0 Å². The molecule has 0 aromatic heterocycles. The predicted octanol–water partition coefficient (Wildman–Crippen LogP) is 2.28. The third-order valence-electron chi connectivity index (χ3n) is 5.07. The van der Waals surface area contributed by atoms with Gasteiger partial charge in [0.2, 0.25) is 5.91 Å². The van der Waals surface area contributed by atoms with Crippen LogP contribution in [0.1, 0.15) is 23.1 Å². The lowest BCUT2D eigenvalue weighted by molar-refractivity contribution is -0.130. The minimum absolute atomic E-state index is 0.285. The van der Waals surface area contributed by atoms with E-state index in [-0.39, 0.29) is 18.4 Å². The molecule has 1 fully saturated rings. The standard InChI is InChI=1S/C21H21N3O3/c25-19(22-17-10-9-15-7-4-8-16(15)12-17)13-24-20(26)18(23-21(24)27)11-14-5-2-1-3-6-14/h1-3,5-6,9-10,12,18H,4,7-8,11,13H2,(H,22,25)(H,23,27). The summed E-state index contributed by atoms with van der Waals surface area (Å²) in [6, 6.07) is 14.2. The average molecular weight is 363 g/mol. The number of rotatable bonds is 5. The maximum Gasteiger partial charge on any atom is 0.325 e. The van der Waals surface area contributed by atoms with E-state index in [4.69, 9.17) is 0 Å². The van der Waals surface area contributed by atoms with E-state index >= 15 is 0 Å². The van der Waals surface area contributed by atoms with Crippen LogP contribution in [0.4, 0.5) is 10.5 Å². The normalized spacial score (nSPS) is 18.4. The summed E-state index contributed by atoms with van der Waals surface area (Å²) in [6.07, 6.45) is 3.65. The highest BCUT2D eigenvalue weighted by atomic mass is 16.2. The van der Waals surface area contributed by atoms with Crippen molar-refractivity contribution in [3.05, 3.63) is 65.2 Å². The number of fused-ring (bicyclic) bond motifs is 1. The monoisotopic (exact) mass is 363 g/mol. The number of nitrogens with zero attached hydrogens (tertiary/aromatic N) is 1. The molecule has 2 aromatic carbocycles. The first-order chi connectivity index (χ1) is 13.1. The third-order valence-corrected chi connectivity index (χ3v) is 5.07. The lowest BCUT2D eigenvalue weighted by atomic mass is 10.1. The van der Waals surface area contributed by atoms with Crippen LogP contribution in [0, 0.1) is 0 Å². The number of nitrogens with one attached hydrogen (secondary N) is 2. The Hall–Kier alpha value is -3.15. The first-order valence-corrected chi connectivity index (χ1v) is 9.17. The number of aryl methyl sites for hydroxylation is 2. The molecule has 6 heteroatoms. The van der Waals surface area contributed by atoms with Gasteiger partial charge in [0.1, 0.15) is 12.6 Å². The Bertz CT molecular complexity index is 895. The second-order valence-corrected chi connectivity index (χ2v) is 7.00. The zero-order chi connectivity index (χ0) is 18.8. The second-order valence-electron chi connectivity index (χ2n) is 7.00. The molecule has 1 saturated heterocycles. The molecule has 138 valence electrons. The number of carbonyl (C=O) groups is 3. The molecule has 0 saturated carbocycles. The van der Waals surface area contributed by atoms with E-state index in [9.17, 15) is 14.4 Å². The molecule has 6 nitrogen and oxygen atoms in total. The predicted molar refractivity (Wildman–Crippen MR) is 101 cm³/mol. The molecule has 2 aliphatic rings. The van der Waals surface area contributed by atoms with E-state index in [0.717, 1.165) is 29.7 Å². The molecule has 4 amide bonds. The molecule has 0 radical (unpaired) electrons. The summed E-state index contributed by atoms with van der Waals surface area (Å²) in [7, 11) is 0. The van der Waals surface area contributed by atoms with E-state index in [2.05, 4.69) is 10.6 Å². The van der Waals surface area contributed by atoms with Crippen LogP contribution < -0.4 is 10.6 Å². The highest BCUT2D eigenvalue weighted by molar-refractivity contribution is 6.08. The minimum Gasteiger partial charge on any atom is -0.325 e. The molecule has 2 aromatic rings. The van der Waals surface area contributed by atoms with Crippen LogP contribution in [0.3, 0.4) is 0 Å². The first kappa shape index (κ1) is 17.3. The summed E-state index contributed by atoms with van der Waals surface area (Å²) < 4.78 is 0. The van der Waals surface area contributed by atoms with Crippen LogP contribution in [0.5, 0.6) is 0 Å². The number of amides is 4. The molecule has 4 rings (SSSR count). The fourth-order valence-electron chi connectivity index (χ4n) is 3.71. The van der Waals surface area contributed by atoms with Crippen LogP contribution in [0.2, 0.25) is 0 Å². The molecular weight excluding hydrogens is 342 g/mol. The van der Waals surface area contributed by atoms with Crippen molar-refractivity contribution in [2.45, 2.75) is 31.7 Å². The van der Waals surface area contributed by atoms with E-state index in [1.165, 1.54) is 11.1 Å². The quantitative estimate of drug-likeness (QED) is 0.800. The van der Waals surface area contributed by atoms with Gasteiger partial charge >= 0.3 is 6.03 Å². The van der Waals surface area contributed by atoms with Gasteiger partial charge in [-0.25, -0.2) is 4.79 Å². The molecule has 1 aliphatic heterocycles. The zero-order valence-corrected chi connectivity index (χ0v) is 14.9. The smallest absolute Gasteiger partial charge is 0.325 e. The summed E-state index contributed by atoms with van der Waals surface area (Å²) in [5.41, 5.74) is 4.24. The zero-order valence-electron chi connectivity index (χ0n) is 14.9. The molecule has 27 heavy (non-hydrogen) atoms. The third kappa shape index (κ3) is 3.69. The molecule has 2 N–H and O–H groups in total. The summed E-state index contributed by atoms with van der Waals surface area (Å²) >= 11 is 0. The molecular formula is C21H21N3O3. The van der Waals surface area contributed by atoms with Gasteiger partial charge < -0.3 is 10.6 Å². The maximum absolute atomic E-state index is 12.5. The van der Waals surface area contributed by atoms with Gasteiger partial charge in [-0.1, -0.05) is 36.4 Å². The number of urea groups is 1. The van der Waals surface area contributed by atoms with E-state index in [1.54, 1.807) is 0 Å². The van der Waals surface area contributed by atoms with Gasteiger partial charge in [-0.05, 0) is 48.1 Å². The summed E-state index contributed by atoms with van der Waals surface area (Å²) in [5, 5.41) is 5.45. The Balaban J connectivity index is 1.37. The van der Waals surface area contributed by atoms with Crippen LogP contribution in [0.25, 0.3) is 0 Å². The lowest BCUT2D eigenvalue weighted by Gasteiger charge is -2.13. The molecule has 1 heterocycles. The van der Waals surface area contributed by atoms with Crippen molar-refractivity contribution in [1.82, 2.24) is 10.2 Å². The maximum atomic E-state index is 12.5. The Morgan fingerprint density at radius 2 is 1.85 bits per heavy atom. The van der Waals surface area contributed by atoms with Crippen LogP contribution in [-0.4, -0.2) is 35.3 Å². The Morgan fingerprint density at radius 3 is 2.67 bits per heavy atom. The Labute approximate surface area is 157 Å². The topological polar surface area (TPSA) is 78.5 Å². The molecule has 1 atom stereocenters. The molecule has 1 aliphatic carbocycles. The number of carbonyl (C=O) groups excluding carboxylic acids is 3. The summed E-state index contributed by atoms with van der Waals surface area (Å²) in [6.45, 7) is -0.285. The van der Waals surface area contributed by atoms with Gasteiger partial charge in [0.25, 0.3) is 5.91 Å². The van der Waals surface area contributed by atoms with Crippen molar-refractivity contribution in [3.63, 3.8) is 0 Å². The summed E-state index contributed by atoms with van der Waals surface area (Å²) in [4.78, 5) is 38.0. The fraction of sp³-hybridized carbons (Fsp3) is 0.286. The van der Waals surface area contributed by atoms with Crippen molar-refractivity contribution in [2.24, 2.45) is 0 Å². The van der Waals surface area contributed by atoms with Crippen molar-refractivity contribution < 1.29 is 14.4 Å². The van der Waals surface area contributed by atoms with E-state index in [0.29, 0.717) is 12.1 Å². The van der Waals surface area contributed by atoms with Crippen molar-refractivity contribution in [2.75, 3.05) is 11.9 Å². The number of imide groups is 1. The average Bonchev–Trinajstić information content (AvgIpc) is 3.22. The minimum atomic E-state index is -0.632. The molecule has 1 unspecified atom stereocenters. The summed E-state index contributed by atoms with van der Waals surface area (Å²) in [5.74, 6) is -0.746. The molecule has 0 spiro atoms. The first-order valence-electron chi connectivity index (χ1n) is 9.17. The number of anilines is 1. The van der Waals surface area contributed by atoms with Gasteiger partial charge in [0.15, 0.2) is 0 Å². The Kier molecular flexibility index (Phi) is 4.62. The van der Waals surface area contributed by atoms with Crippen molar-refractivity contribution >= 4 is 23.5 Å². The Morgan fingerprint density at radius 1 is 1.07 bits per heavy atom. The van der Waals surface area contributed by atoms with E-state index < -0.39 is 12.1 Å². The number of hydrogen-bond donors (Lipinski definition) is 2. The van der Waals surface area contributed by atoms with Gasteiger partial charge in [0.05, 0.1) is 0 Å². The van der Waals surface area contributed by atoms with Gasteiger partial charge in [0, 0.05) is 12.1 Å². The highest BCUT2D eigenvalue weighted by Crippen LogP contribution is 2.25. The van der Waals surface area contributed by atoms with E-state index in [1.807, 2.05) is 48.5 Å². The number of hydrogen-bond acceptors (Lipinski definition) is 3. The van der Waals surface area contributed by atoms with Gasteiger partial charge in [-0.15, -0.1) is 0 Å². The highest BCUT2D eigenvalue weighted by Gasteiger charge is 2.38. The fourth-order valence-corrected chi connectivity index (χ4v) is 3.71.